The first-order valence-corrected chi connectivity index (χ1v) is 9.38. The second-order valence-electron chi connectivity index (χ2n) is 7.17. The number of nitrogens with one attached hydrogen (secondary N) is 1. The minimum atomic E-state index is 0.0395. The molecule has 2 atom stereocenters. The van der Waals surface area contributed by atoms with Crippen molar-refractivity contribution in [1.29, 1.82) is 0 Å². The maximum atomic E-state index is 12.8. The minimum Gasteiger partial charge on any atom is -0.493 e. The van der Waals surface area contributed by atoms with Crippen LogP contribution in [0.1, 0.15) is 24.8 Å². The minimum absolute atomic E-state index is 0.0395. The Balaban J connectivity index is 1.34. The Labute approximate surface area is 153 Å². The van der Waals surface area contributed by atoms with Crippen LogP contribution in [0, 0.1) is 5.92 Å². The van der Waals surface area contributed by atoms with Crippen molar-refractivity contribution in [2.24, 2.45) is 5.92 Å². The summed E-state index contributed by atoms with van der Waals surface area (Å²) in [5.74, 6) is 1.37. The second-order valence-corrected chi connectivity index (χ2v) is 7.17. The number of rotatable bonds is 3. The molecular formula is C19H25N5O2. The molecule has 2 amide bonds. The molecule has 3 heterocycles. The number of hydrogen-bond acceptors (Lipinski definition) is 4. The van der Waals surface area contributed by atoms with Gasteiger partial charge in [-0.2, -0.15) is 0 Å². The van der Waals surface area contributed by atoms with Crippen molar-refractivity contribution in [3.63, 3.8) is 0 Å². The van der Waals surface area contributed by atoms with E-state index in [2.05, 4.69) is 21.7 Å². The molecule has 2 unspecified atom stereocenters. The zero-order chi connectivity index (χ0) is 17.8. The van der Waals surface area contributed by atoms with Gasteiger partial charge in [-0.1, -0.05) is 23.4 Å². The number of piperidine rings is 1. The average Bonchev–Trinajstić information content (AvgIpc) is 3.07. The molecule has 1 aromatic heterocycles. The topological polar surface area (TPSA) is 72.3 Å². The van der Waals surface area contributed by atoms with Gasteiger partial charge in [0.2, 0.25) is 0 Å². The van der Waals surface area contributed by atoms with Crippen LogP contribution < -0.4 is 10.1 Å². The van der Waals surface area contributed by atoms with Crippen molar-refractivity contribution in [2.75, 3.05) is 19.7 Å². The third-order valence-corrected chi connectivity index (χ3v) is 5.21. The first kappa shape index (κ1) is 16.9. The molecule has 0 saturated carbocycles. The molecule has 2 aliphatic rings. The molecule has 1 saturated heterocycles. The number of aromatic nitrogens is 3. The molecule has 7 nitrogen and oxygen atoms in total. The summed E-state index contributed by atoms with van der Waals surface area (Å²) >= 11 is 0. The number of carbonyl (C=O) groups is 1. The van der Waals surface area contributed by atoms with E-state index in [1.165, 1.54) is 0 Å². The van der Waals surface area contributed by atoms with Crippen molar-refractivity contribution in [3.05, 3.63) is 42.2 Å². The predicted molar refractivity (Wildman–Crippen MR) is 96.9 cm³/mol. The van der Waals surface area contributed by atoms with Gasteiger partial charge in [0.15, 0.2) is 0 Å². The van der Waals surface area contributed by atoms with E-state index < -0.39 is 0 Å². The molecule has 0 radical (unpaired) electrons. The Morgan fingerprint density at radius 2 is 2.23 bits per heavy atom. The van der Waals surface area contributed by atoms with Crippen LogP contribution in [0.25, 0.3) is 0 Å². The van der Waals surface area contributed by atoms with Gasteiger partial charge in [0, 0.05) is 38.3 Å². The lowest BCUT2D eigenvalue weighted by molar-refractivity contribution is 0.153. The van der Waals surface area contributed by atoms with E-state index in [4.69, 9.17) is 4.74 Å². The van der Waals surface area contributed by atoms with Gasteiger partial charge in [0.05, 0.1) is 12.8 Å². The number of hydrogen-bond donors (Lipinski definition) is 1. The third kappa shape index (κ3) is 3.98. The maximum absolute atomic E-state index is 12.8. The van der Waals surface area contributed by atoms with Crippen LogP contribution in [0.4, 0.5) is 4.79 Å². The van der Waals surface area contributed by atoms with Gasteiger partial charge >= 0.3 is 6.03 Å². The van der Waals surface area contributed by atoms with E-state index in [0.717, 1.165) is 56.6 Å². The fourth-order valence-corrected chi connectivity index (χ4v) is 3.87. The number of urea groups is 1. The largest absolute Gasteiger partial charge is 0.493 e. The lowest BCUT2D eigenvalue weighted by Gasteiger charge is -2.33. The van der Waals surface area contributed by atoms with Crippen molar-refractivity contribution in [3.8, 4) is 5.75 Å². The monoisotopic (exact) mass is 355 g/mol. The van der Waals surface area contributed by atoms with Gasteiger partial charge < -0.3 is 15.0 Å². The van der Waals surface area contributed by atoms with Crippen molar-refractivity contribution < 1.29 is 9.53 Å². The van der Waals surface area contributed by atoms with E-state index in [0.29, 0.717) is 12.5 Å². The third-order valence-electron chi connectivity index (χ3n) is 5.21. The highest BCUT2D eigenvalue weighted by atomic mass is 16.5. The summed E-state index contributed by atoms with van der Waals surface area (Å²) < 4.78 is 7.65. The molecule has 138 valence electrons. The number of carbonyl (C=O) groups excluding carboxylic acids is 1. The Morgan fingerprint density at radius 1 is 1.31 bits per heavy atom. The van der Waals surface area contributed by atoms with Gasteiger partial charge in [-0.3, -0.25) is 4.68 Å². The number of likely N-dealkylation sites (tertiary alicyclic amines) is 1. The zero-order valence-electron chi connectivity index (χ0n) is 14.9. The van der Waals surface area contributed by atoms with Crippen molar-refractivity contribution >= 4 is 6.03 Å². The molecule has 1 fully saturated rings. The summed E-state index contributed by atoms with van der Waals surface area (Å²) in [6.45, 7) is 3.04. The molecule has 26 heavy (non-hydrogen) atoms. The highest BCUT2D eigenvalue weighted by molar-refractivity contribution is 5.74. The van der Waals surface area contributed by atoms with Crippen LogP contribution in [0.2, 0.25) is 0 Å². The molecular weight excluding hydrogens is 330 g/mol. The number of nitrogens with zero attached hydrogens (tertiary/aromatic N) is 4. The smallest absolute Gasteiger partial charge is 0.317 e. The summed E-state index contributed by atoms with van der Waals surface area (Å²) in [5.41, 5.74) is 1.16. The van der Waals surface area contributed by atoms with Gasteiger partial charge in [0.1, 0.15) is 5.75 Å². The first-order valence-electron chi connectivity index (χ1n) is 9.38. The fraction of sp³-hybridized carbons (Fsp3) is 0.526. The summed E-state index contributed by atoms with van der Waals surface area (Å²) in [5, 5.41) is 11.1. The Bertz CT molecular complexity index is 733. The Kier molecular flexibility index (Phi) is 5.04. The van der Waals surface area contributed by atoms with E-state index in [1.807, 2.05) is 34.0 Å². The van der Waals surface area contributed by atoms with E-state index in [9.17, 15) is 4.79 Å². The van der Waals surface area contributed by atoms with Crippen LogP contribution in [0.3, 0.4) is 0 Å². The standard InChI is InChI=1S/C19H25N5O2/c25-19(21-17-7-11-26-18-6-2-1-5-16(18)12-17)23-9-3-4-15(13-23)14-24-10-8-20-22-24/h1-2,5-6,8,10,15,17H,3-4,7,9,11-14H2,(H,21,25). The lowest BCUT2D eigenvalue weighted by Crippen LogP contribution is -2.49. The van der Waals surface area contributed by atoms with E-state index in [-0.39, 0.29) is 12.1 Å². The molecule has 2 aliphatic heterocycles. The molecule has 0 spiro atoms. The van der Waals surface area contributed by atoms with Gasteiger partial charge in [-0.05, 0) is 36.8 Å². The van der Waals surface area contributed by atoms with Crippen LogP contribution >= 0.6 is 0 Å². The Morgan fingerprint density at radius 3 is 3.12 bits per heavy atom. The second kappa shape index (κ2) is 7.76. The molecule has 1 aromatic carbocycles. The first-order chi connectivity index (χ1) is 12.8. The van der Waals surface area contributed by atoms with Crippen molar-refractivity contribution in [1.82, 2.24) is 25.2 Å². The number of para-hydroxylation sites is 1. The number of fused-ring (bicyclic) bond motifs is 1. The molecule has 7 heteroatoms. The summed E-state index contributed by atoms with van der Waals surface area (Å²) in [6, 6.07) is 8.24. The number of ether oxygens (including phenoxy) is 1. The van der Waals surface area contributed by atoms with Crippen LogP contribution in [0.5, 0.6) is 5.75 Å². The Hall–Kier alpha value is -2.57. The molecule has 0 bridgehead atoms. The van der Waals surface area contributed by atoms with Crippen LogP contribution in [-0.2, 0) is 13.0 Å². The fourth-order valence-electron chi connectivity index (χ4n) is 3.87. The lowest BCUT2D eigenvalue weighted by atomic mass is 9.98. The molecule has 1 N–H and O–H groups in total. The van der Waals surface area contributed by atoms with Crippen LogP contribution in [-0.4, -0.2) is 51.7 Å². The predicted octanol–water partition coefficient (Wildman–Crippen LogP) is 2.09. The molecule has 2 aromatic rings. The normalized spacial score (nSPS) is 22.8. The summed E-state index contributed by atoms with van der Waals surface area (Å²) in [4.78, 5) is 14.7. The molecule has 0 aliphatic carbocycles. The van der Waals surface area contributed by atoms with E-state index >= 15 is 0 Å². The van der Waals surface area contributed by atoms with Gasteiger partial charge in [0.25, 0.3) is 0 Å². The van der Waals surface area contributed by atoms with Crippen molar-refractivity contribution in [2.45, 2.75) is 38.3 Å². The van der Waals surface area contributed by atoms with Gasteiger partial charge in [-0.25, -0.2) is 4.79 Å². The summed E-state index contributed by atoms with van der Waals surface area (Å²) in [6.07, 6.45) is 7.37. The SMILES string of the molecule is O=C(NC1CCOc2ccccc2C1)N1CCCC(Cn2ccnn2)C1. The summed E-state index contributed by atoms with van der Waals surface area (Å²) in [7, 11) is 0. The van der Waals surface area contributed by atoms with Crippen LogP contribution in [0.15, 0.2) is 36.7 Å². The zero-order valence-corrected chi connectivity index (χ0v) is 14.9. The van der Waals surface area contributed by atoms with E-state index in [1.54, 1.807) is 6.20 Å². The average molecular weight is 355 g/mol. The maximum Gasteiger partial charge on any atom is 0.317 e. The highest BCUT2D eigenvalue weighted by Gasteiger charge is 2.26. The molecule has 4 rings (SSSR count). The number of benzene rings is 1. The van der Waals surface area contributed by atoms with Gasteiger partial charge in [-0.15, -0.1) is 5.10 Å². The number of amides is 2. The highest BCUT2D eigenvalue weighted by Crippen LogP contribution is 2.24. The quantitative estimate of drug-likeness (QED) is 0.915.